The lowest BCUT2D eigenvalue weighted by atomic mass is 10.0. The molecule has 14 nitrogen and oxygen atoms in total. The molecule has 1 saturated heterocycles. The van der Waals surface area contributed by atoms with Gasteiger partial charge in [0, 0.05) is 24.4 Å². The normalized spacial score (nSPS) is 25.8. The van der Waals surface area contributed by atoms with Gasteiger partial charge in [0.2, 0.25) is 11.8 Å². The first-order valence-corrected chi connectivity index (χ1v) is 20.4. The summed E-state index contributed by atoms with van der Waals surface area (Å²) in [5.74, 6) is -4.21. The molecule has 19 heteroatoms. The summed E-state index contributed by atoms with van der Waals surface area (Å²) in [6.07, 6.45) is -2.56. The molecule has 1 saturated carbocycles. The van der Waals surface area contributed by atoms with Crippen molar-refractivity contribution in [1.29, 1.82) is 0 Å². The molecule has 6 rings (SSSR count). The molecule has 4 aliphatic rings. The molecule has 3 N–H and O–H groups in total. The van der Waals surface area contributed by atoms with Gasteiger partial charge in [0.05, 0.1) is 23.5 Å². The van der Waals surface area contributed by atoms with Crippen LogP contribution >= 0.6 is 0 Å². The maximum Gasteiger partial charge on any atom is 0.417 e. The maximum atomic E-state index is 14.5. The molecule has 5 amide bonds. The van der Waals surface area contributed by atoms with Gasteiger partial charge in [0.15, 0.2) is 0 Å². The van der Waals surface area contributed by atoms with Crippen LogP contribution < -0.4 is 15.4 Å². The molecule has 2 aromatic rings. The molecule has 2 aromatic carbocycles. The molecular weight excluding hydrogens is 791 g/mol. The number of ether oxygens (including phenoxy) is 2. The lowest BCUT2D eigenvalue weighted by molar-refractivity contribution is -0.141. The van der Waals surface area contributed by atoms with Crippen LogP contribution in [0.1, 0.15) is 82.4 Å². The van der Waals surface area contributed by atoms with Crippen molar-refractivity contribution in [3.8, 4) is 0 Å². The second-order valence-corrected chi connectivity index (χ2v) is 17.6. The van der Waals surface area contributed by atoms with Crippen LogP contribution in [0.4, 0.5) is 27.2 Å². The van der Waals surface area contributed by atoms with Gasteiger partial charge in [-0.15, -0.1) is 0 Å². The van der Waals surface area contributed by atoms with Gasteiger partial charge in [-0.2, -0.15) is 13.2 Å². The lowest BCUT2D eigenvalue weighted by Gasteiger charge is -2.30. The van der Waals surface area contributed by atoms with E-state index < -0.39 is 97.6 Å². The third kappa shape index (κ3) is 9.40. The minimum atomic E-state index is -5.13. The lowest BCUT2D eigenvalue weighted by Crippen LogP contribution is -2.58. The summed E-state index contributed by atoms with van der Waals surface area (Å²) in [6.45, 7) is 4.57. The number of carbonyl (C=O) groups excluding carboxylic acids is 5. The number of hydrogen-bond acceptors (Lipinski definition) is 9. The smallest absolute Gasteiger partial charge is 0.417 e. The number of nitrogens with one attached hydrogen (secondary N) is 3. The Morgan fingerprint density at radius 3 is 2.43 bits per heavy atom. The third-order valence-corrected chi connectivity index (χ3v) is 11.9. The zero-order valence-electron chi connectivity index (χ0n) is 32.1. The molecule has 0 aromatic heterocycles. The van der Waals surface area contributed by atoms with Gasteiger partial charge in [-0.25, -0.2) is 27.1 Å². The standard InChI is InChI=1S/C39H45F4N5O9S/c1-37(2,3)57-35(52)44-29-16-8-6-4-5-7-13-24-19-38(24,34(51)46-58(54,55)31-17-10-9-14-27(31)39(41,42)43)45-32(49)30-18-25(21-48(30)33(29)50)56-36(53)47-20-23-12-11-15-28(40)26(23)22-47/h7,9-15,17,24-25,29-30H,4-6,8,16,18-22H2,1-3H3,(H,44,52)(H,45,49)(H,46,51)/b13-7-/t24-,25-,29+,30+,38-/m1/s1. The predicted molar refractivity (Wildman–Crippen MR) is 197 cm³/mol. The second-order valence-electron chi connectivity index (χ2n) is 15.9. The molecule has 2 fully saturated rings. The number of alkyl carbamates (subject to hydrolysis) is 1. The number of allylic oxidation sites excluding steroid dienone is 1. The highest BCUT2D eigenvalue weighted by Gasteiger charge is 2.62. The number of carbonyl (C=O) groups is 5. The quantitative estimate of drug-likeness (QED) is 0.274. The van der Waals surface area contributed by atoms with Gasteiger partial charge in [0.1, 0.15) is 35.1 Å². The van der Waals surface area contributed by atoms with Crippen LogP contribution in [0.15, 0.2) is 59.5 Å². The van der Waals surface area contributed by atoms with Gasteiger partial charge >= 0.3 is 18.4 Å². The van der Waals surface area contributed by atoms with Crippen molar-refractivity contribution in [1.82, 2.24) is 25.2 Å². The summed E-state index contributed by atoms with van der Waals surface area (Å²) in [4.78, 5) is 70.1. The number of nitrogens with zero attached hydrogens (tertiary/aromatic N) is 2. The van der Waals surface area contributed by atoms with E-state index in [1.165, 1.54) is 17.0 Å². The number of benzene rings is 2. The van der Waals surface area contributed by atoms with Crippen molar-refractivity contribution in [2.75, 3.05) is 6.54 Å². The Hall–Kier alpha value is -5.20. The molecule has 3 aliphatic heterocycles. The molecule has 5 atom stereocenters. The van der Waals surface area contributed by atoms with Crippen molar-refractivity contribution < 1.29 is 59.4 Å². The molecule has 0 unspecified atom stereocenters. The number of fused-ring (bicyclic) bond motifs is 3. The van der Waals surface area contributed by atoms with Crippen molar-refractivity contribution in [2.45, 2.75) is 119 Å². The van der Waals surface area contributed by atoms with Crippen LogP contribution in [0.25, 0.3) is 0 Å². The maximum absolute atomic E-state index is 14.5. The van der Waals surface area contributed by atoms with E-state index in [0.29, 0.717) is 48.9 Å². The van der Waals surface area contributed by atoms with Crippen LogP contribution in [-0.4, -0.2) is 84.0 Å². The second kappa shape index (κ2) is 16.2. The van der Waals surface area contributed by atoms with E-state index in [-0.39, 0.29) is 38.9 Å². The van der Waals surface area contributed by atoms with E-state index in [2.05, 4.69) is 10.6 Å². The monoisotopic (exact) mass is 835 g/mol. The number of amides is 5. The van der Waals surface area contributed by atoms with E-state index in [9.17, 15) is 50.0 Å². The largest absolute Gasteiger partial charge is 0.444 e. The first kappa shape index (κ1) is 42.4. The van der Waals surface area contributed by atoms with Crippen molar-refractivity contribution >= 4 is 39.9 Å². The van der Waals surface area contributed by atoms with E-state index in [0.717, 1.165) is 17.0 Å². The average Bonchev–Trinajstić information content (AvgIpc) is 3.42. The molecule has 0 radical (unpaired) electrons. The first-order chi connectivity index (χ1) is 27.2. The number of sulfonamides is 1. The molecule has 314 valence electrons. The van der Waals surface area contributed by atoms with Crippen LogP contribution in [0.2, 0.25) is 0 Å². The van der Waals surface area contributed by atoms with E-state index in [1.807, 2.05) is 0 Å². The zero-order chi connectivity index (χ0) is 42.2. The zero-order valence-corrected chi connectivity index (χ0v) is 32.9. The summed E-state index contributed by atoms with van der Waals surface area (Å²) >= 11 is 0. The van der Waals surface area contributed by atoms with Crippen LogP contribution in [0.5, 0.6) is 0 Å². The Labute approximate surface area is 332 Å². The fourth-order valence-corrected chi connectivity index (χ4v) is 8.81. The van der Waals surface area contributed by atoms with Crippen molar-refractivity contribution in [2.24, 2.45) is 5.92 Å². The number of halogens is 4. The Morgan fingerprint density at radius 1 is 0.983 bits per heavy atom. The van der Waals surface area contributed by atoms with Crippen LogP contribution in [0, 0.1) is 11.7 Å². The van der Waals surface area contributed by atoms with Gasteiger partial charge in [-0.1, -0.05) is 49.3 Å². The minimum absolute atomic E-state index is 0.0516. The van der Waals surface area contributed by atoms with Gasteiger partial charge < -0.3 is 25.0 Å². The van der Waals surface area contributed by atoms with Gasteiger partial charge in [-0.05, 0) is 70.2 Å². The first-order valence-electron chi connectivity index (χ1n) is 18.9. The van der Waals surface area contributed by atoms with E-state index in [1.54, 1.807) is 43.7 Å². The molecule has 58 heavy (non-hydrogen) atoms. The SMILES string of the molecule is CC(C)(C)OC(=O)N[C@H]1CCCCC/C=C\[C@@H]2C[C@@]2(C(=O)NS(=O)(=O)c2ccccc2C(F)(F)F)NC(=O)[C@@H]2C[C@@H](OC(=O)N3Cc4cccc(F)c4C3)CN2C1=O. The van der Waals surface area contributed by atoms with Crippen LogP contribution in [-0.2, 0) is 53.1 Å². The van der Waals surface area contributed by atoms with Gasteiger partial charge in [-0.3, -0.25) is 19.3 Å². The van der Waals surface area contributed by atoms with Crippen LogP contribution in [0.3, 0.4) is 0 Å². The Balaban J connectivity index is 1.28. The van der Waals surface area contributed by atoms with E-state index in [4.69, 9.17) is 9.47 Å². The van der Waals surface area contributed by atoms with Crippen molar-refractivity contribution in [3.63, 3.8) is 0 Å². The highest BCUT2D eigenvalue weighted by Crippen LogP contribution is 2.46. The summed E-state index contributed by atoms with van der Waals surface area (Å²) in [5.41, 5.74) is -3.45. The Morgan fingerprint density at radius 2 is 1.72 bits per heavy atom. The molecular formula is C39H45F4N5O9S. The molecule has 1 aliphatic carbocycles. The van der Waals surface area contributed by atoms with Crippen molar-refractivity contribution in [3.05, 3.63) is 77.1 Å². The predicted octanol–water partition coefficient (Wildman–Crippen LogP) is 5.06. The summed E-state index contributed by atoms with van der Waals surface area (Å²) in [7, 11) is -5.13. The number of rotatable bonds is 5. The average molecular weight is 836 g/mol. The summed E-state index contributed by atoms with van der Waals surface area (Å²) in [6, 6.07) is 5.18. The fourth-order valence-electron chi connectivity index (χ4n) is 7.55. The van der Waals surface area contributed by atoms with Gasteiger partial charge in [0.25, 0.3) is 15.9 Å². The fraction of sp³-hybridized carbons (Fsp3) is 0.513. The van der Waals surface area contributed by atoms with E-state index >= 15 is 0 Å². The summed E-state index contributed by atoms with van der Waals surface area (Å²) in [5, 5.41) is 5.19. The Bertz CT molecular complexity index is 2110. The minimum Gasteiger partial charge on any atom is -0.444 e. The highest BCUT2D eigenvalue weighted by molar-refractivity contribution is 7.90. The molecule has 0 spiro atoms. The number of hydrogen-bond donors (Lipinski definition) is 3. The topological polar surface area (TPSA) is 181 Å². The third-order valence-electron chi connectivity index (χ3n) is 10.5. The molecule has 0 bridgehead atoms. The molecule has 3 heterocycles. The Kier molecular flexibility index (Phi) is 11.9. The number of alkyl halides is 3. The highest BCUT2D eigenvalue weighted by atomic mass is 32.2. The summed E-state index contributed by atoms with van der Waals surface area (Å²) < 4.78 is 95.4.